The van der Waals surface area contributed by atoms with Gasteiger partial charge in [-0.1, -0.05) is 13.0 Å². The molecule has 1 N–H and O–H groups in total. The summed E-state index contributed by atoms with van der Waals surface area (Å²) < 4.78 is 1.82. The maximum absolute atomic E-state index is 10.2. The SMILES string of the molecule is CCCn1nccc1C(O)c1ccccn1. The minimum absolute atomic E-state index is 0.653. The van der Waals surface area contributed by atoms with Crippen LogP contribution in [0.1, 0.15) is 30.8 Å². The van der Waals surface area contributed by atoms with Crippen molar-refractivity contribution in [2.24, 2.45) is 0 Å². The van der Waals surface area contributed by atoms with Gasteiger partial charge in [0.05, 0.1) is 11.4 Å². The number of aliphatic hydroxyl groups is 1. The van der Waals surface area contributed by atoms with Crippen LogP contribution < -0.4 is 0 Å². The molecule has 0 aliphatic carbocycles. The van der Waals surface area contributed by atoms with E-state index in [-0.39, 0.29) is 0 Å². The lowest BCUT2D eigenvalue weighted by atomic mass is 10.1. The Morgan fingerprint density at radius 3 is 2.88 bits per heavy atom. The van der Waals surface area contributed by atoms with Gasteiger partial charge in [0.25, 0.3) is 0 Å². The molecule has 2 aromatic rings. The van der Waals surface area contributed by atoms with Gasteiger partial charge in [-0.15, -0.1) is 0 Å². The average molecular weight is 217 g/mol. The van der Waals surface area contributed by atoms with Crippen LogP contribution in [0, 0.1) is 0 Å². The standard InChI is InChI=1S/C12H15N3O/c1-2-9-15-11(6-8-14-15)12(16)10-5-3-4-7-13-10/h3-8,12,16H,2,9H2,1H3. The summed E-state index contributed by atoms with van der Waals surface area (Å²) in [7, 11) is 0. The van der Waals surface area contributed by atoms with Crippen molar-refractivity contribution in [2.75, 3.05) is 0 Å². The summed E-state index contributed by atoms with van der Waals surface area (Å²) in [5.41, 5.74) is 1.45. The van der Waals surface area contributed by atoms with E-state index in [4.69, 9.17) is 0 Å². The molecule has 2 heterocycles. The zero-order valence-electron chi connectivity index (χ0n) is 9.24. The second kappa shape index (κ2) is 4.90. The van der Waals surface area contributed by atoms with Crippen molar-refractivity contribution in [1.29, 1.82) is 0 Å². The molecule has 0 radical (unpaired) electrons. The summed E-state index contributed by atoms with van der Waals surface area (Å²) in [4.78, 5) is 4.14. The Kier molecular flexibility index (Phi) is 3.31. The van der Waals surface area contributed by atoms with Crippen molar-refractivity contribution < 1.29 is 5.11 Å². The van der Waals surface area contributed by atoms with Crippen LogP contribution in [-0.2, 0) is 6.54 Å². The highest BCUT2D eigenvalue weighted by molar-refractivity contribution is 5.18. The lowest BCUT2D eigenvalue weighted by Crippen LogP contribution is -2.10. The van der Waals surface area contributed by atoms with Crippen LogP contribution in [0.15, 0.2) is 36.7 Å². The molecule has 0 saturated heterocycles. The number of rotatable bonds is 4. The molecule has 0 spiro atoms. The Bertz CT molecular complexity index is 439. The predicted molar refractivity (Wildman–Crippen MR) is 60.8 cm³/mol. The highest BCUT2D eigenvalue weighted by Gasteiger charge is 2.15. The number of aromatic nitrogens is 3. The third-order valence-corrected chi connectivity index (χ3v) is 2.43. The molecular formula is C12H15N3O. The van der Waals surface area contributed by atoms with Gasteiger partial charge in [-0.3, -0.25) is 9.67 Å². The van der Waals surface area contributed by atoms with E-state index in [1.54, 1.807) is 12.4 Å². The fraction of sp³-hybridized carbons (Fsp3) is 0.333. The van der Waals surface area contributed by atoms with Crippen LogP contribution in [0.3, 0.4) is 0 Å². The first kappa shape index (κ1) is 10.8. The molecule has 16 heavy (non-hydrogen) atoms. The fourth-order valence-electron chi connectivity index (χ4n) is 1.66. The van der Waals surface area contributed by atoms with Gasteiger partial charge in [-0.25, -0.2) is 0 Å². The quantitative estimate of drug-likeness (QED) is 0.849. The Morgan fingerprint density at radius 1 is 1.31 bits per heavy atom. The summed E-state index contributed by atoms with van der Waals surface area (Å²) in [6.45, 7) is 2.89. The molecule has 2 rings (SSSR count). The van der Waals surface area contributed by atoms with Crippen LogP contribution in [0.2, 0.25) is 0 Å². The van der Waals surface area contributed by atoms with Gasteiger partial charge < -0.3 is 5.11 Å². The summed E-state index contributed by atoms with van der Waals surface area (Å²) in [5, 5.41) is 14.3. The Balaban J connectivity index is 2.27. The smallest absolute Gasteiger partial charge is 0.137 e. The zero-order chi connectivity index (χ0) is 11.4. The van der Waals surface area contributed by atoms with E-state index in [1.165, 1.54) is 0 Å². The van der Waals surface area contributed by atoms with Crippen molar-refractivity contribution >= 4 is 0 Å². The topological polar surface area (TPSA) is 50.9 Å². The number of aliphatic hydroxyl groups excluding tert-OH is 1. The van der Waals surface area contributed by atoms with Gasteiger partial charge in [0, 0.05) is 18.9 Å². The molecule has 1 unspecified atom stereocenters. The van der Waals surface area contributed by atoms with Crippen molar-refractivity contribution in [3.63, 3.8) is 0 Å². The van der Waals surface area contributed by atoms with Crippen molar-refractivity contribution in [2.45, 2.75) is 26.0 Å². The zero-order valence-corrected chi connectivity index (χ0v) is 9.24. The number of hydrogen-bond donors (Lipinski definition) is 1. The van der Waals surface area contributed by atoms with E-state index >= 15 is 0 Å². The summed E-state index contributed by atoms with van der Waals surface area (Å²) in [5.74, 6) is 0. The Morgan fingerprint density at radius 2 is 2.19 bits per heavy atom. The average Bonchev–Trinajstić information content (AvgIpc) is 2.78. The van der Waals surface area contributed by atoms with Gasteiger partial charge >= 0.3 is 0 Å². The van der Waals surface area contributed by atoms with Gasteiger partial charge in [-0.2, -0.15) is 5.10 Å². The lowest BCUT2D eigenvalue weighted by molar-refractivity contribution is 0.202. The van der Waals surface area contributed by atoms with E-state index in [2.05, 4.69) is 17.0 Å². The van der Waals surface area contributed by atoms with Crippen molar-refractivity contribution in [3.05, 3.63) is 48.0 Å². The number of pyridine rings is 1. The predicted octanol–water partition coefficient (Wildman–Crippen LogP) is 1.77. The van der Waals surface area contributed by atoms with E-state index in [0.29, 0.717) is 5.69 Å². The highest BCUT2D eigenvalue weighted by atomic mass is 16.3. The largest absolute Gasteiger partial charge is 0.380 e. The molecule has 0 aromatic carbocycles. The molecule has 4 heteroatoms. The monoisotopic (exact) mass is 217 g/mol. The maximum atomic E-state index is 10.2. The Hall–Kier alpha value is -1.68. The first-order valence-corrected chi connectivity index (χ1v) is 5.43. The van der Waals surface area contributed by atoms with E-state index in [9.17, 15) is 5.11 Å². The third kappa shape index (κ3) is 2.12. The Labute approximate surface area is 94.6 Å². The maximum Gasteiger partial charge on any atom is 0.137 e. The molecule has 0 fully saturated rings. The molecule has 4 nitrogen and oxygen atoms in total. The number of nitrogens with zero attached hydrogens (tertiary/aromatic N) is 3. The van der Waals surface area contributed by atoms with Gasteiger partial charge in [-0.05, 0) is 24.6 Å². The van der Waals surface area contributed by atoms with Crippen LogP contribution in [0.4, 0.5) is 0 Å². The molecular weight excluding hydrogens is 202 g/mol. The molecule has 0 aliphatic rings. The summed E-state index contributed by atoms with van der Waals surface area (Å²) in [6, 6.07) is 7.34. The van der Waals surface area contributed by atoms with E-state index in [1.807, 2.05) is 28.9 Å². The molecule has 84 valence electrons. The molecule has 0 aliphatic heterocycles. The van der Waals surface area contributed by atoms with Gasteiger partial charge in [0.1, 0.15) is 6.10 Å². The lowest BCUT2D eigenvalue weighted by Gasteiger charge is -2.12. The first-order chi connectivity index (χ1) is 7.83. The normalized spacial score (nSPS) is 12.6. The van der Waals surface area contributed by atoms with Crippen molar-refractivity contribution in [1.82, 2.24) is 14.8 Å². The molecule has 1 atom stereocenters. The highest BCUT2D eigenvalue weighted by Crippen LogP contribution is 2.19. The van der Waals surface area contributed by atoms with Crippen LogP contribution in [0.5, 0.6) is 0 Å². The molecule has 0 saturated carbocycles. The second-order valence-corrected chi connectivity index (χ2v) is 3.64. The molecule has 0 bridgehead atoms. The van der Waals surface area contributed by atoms with Gasteiger partial charge in [0.2, 0.25) is 0 Å². The van der Waals surface area contributed by atoms with Crippen LogP contribution in [0.25, 0.3) is 0 Å². The fourth-order valence-corrected chi connectivity index (χ4v) is 1.66. The number of aryl methyl sites for hydroxylation is 1. The van der Waals surface area contributed by atoms with E-state index in [0.717, 1.165) is 18.7 Å². The van der Waals surface area contributed by atoms with Crippen LogP contribution in [-0.4, -0.2) is 19.9 Å². The summed E-state index contributed by atoms with van der Waals surface area (Å²) in [6.07, 6.45) is 3.68. The molecule has 2 aromatic heterocycles. The summed E-state index contributed by atoms with van der Waals surface area (Å²) >= 11 is 0. The molecule has 0 amide bonds. The van der Waals surface area contributed by atoms with Crippen molar-refractivity contribution in [3.8, 4) is 0 Å². The second-order valence-electron chi connectivity index (χ2n) is 3.64. The third-order valence-electron chi connectivity index (χ3n) is 2.43. The van der Waals surface area contributed by atoms with E-state index < -0.39 is 6.10 Å². The minimum Gasteiger partial charge on any atom is -0.380 e. The minimum atomic E-state index is -0.699. The first-order valence-electron chi connectivity index (χ1n) is 5.43. The van der Waals surface area contributed by atoms with Crippen LogP contribution >= 0.6 is 0 Å². The number of hydrogen-bond acceptors (Lipinski definition) is 3. The van der Waals surface area contributed by atoms with Gasteiger partial charge in [0.15, 0.2) is 0 Å².